The highest BCUT2D eigenvalue weighted by Gasteiger charge is 2.19. The highest BCUT2D eigenvalue weighted by atomic mass is 16.3. The fourth-order valence-electron chi connectivity index (χ4n) is 1.04. The predicted octanol–water partition coefficient (Wildman–Crippen LogP) is 1.75. The summed E-state index contributed by atoms with van der Waals surface area (Å²) in [5.74, 6) is 0.211. The maximum Gasteiger partial charge on any atom is 0.120 e. The molecule has 0 spiro atoms. The summed E-state index contributed by atoms with van der Waals surface area (Å²) in [5, 5.41) is 9.45. The summed E-state index contributed by atoms with van der Waals surface area (Å²) in [6.45, 7) is 5.41. The first kappa shape index (κ1) is 8.81. The van der Waals surface area contributed by atoms with Crippen molar-refractivity contribution in [1.82, 2.24) is 0 Å². The number of hydrogen-bond donors (Lipinski definition) is 2. The van der Waals surface area contributed by atoms with Gasteiger partial charge in [-0.05, 0) is 13.0 Å². The van der Waals surface area contributed by atoms with Gasteiger partial charge in [-0.3, -0.25) is 0 Å². The van der Waals surface area contributed by atoms with E-state index in [1.54, 1.807) is 31.2 Å². The monoisotopic (exact) mass is 163 g/mol. The number of para-hydroxylation sites is 1. The number of hydrogen-bond acceptors (Lipinski definition) is 2. The molecule has 0 amide bonds. The van der Waals surface area contributed by atoms with Crippen LogP contribution < -0.4 is 5.73 Å². The van der Waals surface area contributed by atoms with Crippen molar-refractivity contribution in [3.05, 3.63) is 42.5 Å². The molecule has 0 aliphatic heterocycles. The van der Waals surface area contributed by atoms with Gasteiger partial charge in [0.15, 0.2) is 0 Å². The zero-order valence-corrected chi connectivity index (χ0v) is 7.12. The Balaban J connectivity index is 3.19. The molecule has 0 bridgehead atoms. The summed E-state index contributed by atoms with van der Waals surface area (Å²) in [7, 11) is 0. The number of phenolic OH excluding ortho intramolecular Hbond substituents is 1. The van der Waals surface area contributed by atoms with Gasteiger partial charge in [0.25, 0.3) is 0 Å². The first-order valence-corrected chi connectivity index (χ1v) is 3.79. The highest BCUT2D eigenvalue weighted by molar-refractivity contribution is 5.39. The van der Waals surface area contributed by atoms with Crippen molar-refractivity contribution in [3.8, 4) is 5.75 Å². The topological polar surface area (TPSA) is 46.2 Å². The third-order valence-electron chi connectivity index (χ3n) is 1.91. The van der Waals surface area contributed by atoms with Crippen molar-refractivity contribution in [2.24, 2.45) is 5.73 Å². The lowest BCUT2D eigenvalue weighted by molar-refractivity contribution is 0.452. The minimum atomic E-state index is -0.661. The van der Waals surface area contributed by atoms with Gasteiger partial charge in [0.2, 0.25) is 0 Å². The third kappa shape index (κ3) is 1.48. The summed E-state index contributed by atoms with van der Waals surface area (Å²) in [6.07, 6.45) is 1.61. The summed E-state index contributed by atoms with van der Waals surface area (Å²) in [4.78, 5) is 0. The molecule has 0 radical (unpaired) electrons. The van der Waals surface area contributed by atoms with Crippen LogP contribution in [0.3, 0.4) is 0 Å². The van der Waals surface area contributed by atoms with Crippen LogP contribution in [-0.4, -0.2) is 5.11 Å². The Kier molecular flexibility index (Phi) is 2.20. The average molecular weight is 163 g/mol. The van der Waals surface area contributed by atoms with Crippen molar-refractivity contribution < 1.29 is 5.11 Å². The normalized spacial score (nSPS) is 15.2. The molecule has 0 aliphatic carbocycles. The van der Waals surface area contributed by atoms with Crippen LogP contribution in [-0.2, 0) is 5.54 Å². The zero-order chi connectivity index (χ0) is 9.19. The molecule has 2 nitrogen and oxygen atoms in total. The molecular weight excluding hydrogens is 150 g/mol. The van der Waals surface area contributed by atoms with Crippen LogP contribution in [0.2, 0.25) is 0 Å². The van der Waals surface area contributed by atoms with Gasteiger partial charge in [0.05, 0.1) is 5.54 Å². The van der Waals surface area contributed by atoms with Gasteiger partial charge in [-0.2, -0.15) is 0 Å². The van der Waals surface area contributed by atoms with Crippen LogP contribution >= 0.6 is 0 Å². The SMILES string of the molecule is C=CC(C)(N)c1ccccc1O. The number of nitrogens with two attached hydrogens (primary N) is 1. The largest absolute Gasteiger partial charge is 0.508 e. The van der Waals surface area contributed by atoms with Crippen LogP contribution in [0.4, 0.5) is 0 Å². The van der Waals surface area contributed by atoms with Gasteiger partial charge in [0, 0.05) is 5.56 Å². The van der Waals surface area contributed by atoms with Crippen molar-refractivity contribution in [3.63, 3.8) is 0 Å². The lowest BCUT2D eigenvalue weighted by atomic mass is 9.93. The fraction of sp³-hybridized carbons (Fsp3) is 0.200. The minimum Gasteiger partial charge on any atom is -0.508 e. The Morgan fingerprint density at radius 3 is 2.58 bits per heavy atom. The number of rotatable bonds is 2. The van der Waals surface area contributed by atoms with Gasteiger partial charge in [0.1, 0.15) is 5.75 Å². The second-order valence-corrected chi connectivity index (χ2v) is 3.00. The van der Waals surface area contributed by atoms with E-state index in [0.29, 0.717) is 5.56 Å². The fourth-order valence-corrected chi connectivity index (χ4v) is 1.04. The van der Waals surface area contributed by atoms with E-state index in [9.17, 15) is 5.11 Å². The molecule has 0 saturated heterocycles. The molecule has 1 aromatic rings. The molecule has 0 aromatic heterocycles. The number of benzene rings is 1. The first-order valence-electron chi connectivity index (χ1n) is 3.79. The highest BCUT2D eigenvalue weighted by Crippen LogP contribution is 2.26. The van der Waals surface area contributed by atoms with Gasteiger partial charge >= 0.3 is 0 Å². The second kappa shape index (κ2) is 2.99. The zero-order valence-electron chi connectivity index (χ0n) is 7.12. The van der Waals surface area contributed by atoms with E-state index in [2.05, 4.69) is 6.58 Å². The van der Waals surface area contributed by atoms with Crippen molar-refractivity contribution in [1.29, 1.82) is 0 Å². The molecule has 1 atom stereocenters. The van der Waals surface area contributed by atoms with Crippen molar-refractivity contribution in [2.45, 2.75) is 12.5 Å². The minimum absolute atomic E-state index is 0.211. The first-order chi connectivity index (χ1) is 5.58. The number of aromatic hydroxyl groups is 1. The quantitative estimate of drug-likeness (QED) is 0.652. The third-order valence-corrected chi connectivity index (χ3v) is 1.91. The maximum atomic E-state index is 9.45. The molecule has 1 aromatic carbocycles. The van der Waals surface area contributed by atoms with Crippen LogP contribution in [0.5, 0.6) is 5.75 Å². The standard InChI is InChI=1S/C10H13NO/c1-3-10(2,11)8-6-4-5-7-9(8)12/h3-7,12H,1,11H2,2H3. The molecule has 2 heteroatoms. The van der Waals surface area contributed by atoms with E-state index in [1.807, 2.05) is 6.07 Å². The van der Waals surface area contributed by atoms with Crippen LogP contribution in [0, 0.1) is 0 Å². The Morgan fingerprint density at radius 2 is 2.08 bits per heavy atom. The Morgan fingerprint density at radius 1 is 1.50 bits per heavy atom. The van der Waals surface area contributed by atoms with Gasteiger partial charge in [-0.1, -0.05) is 24.3 Å². The summed E-state index contributed by atoms with van der Waals surface area (Å²) in [6, 6.07) is 7.00. The smallest absolute Gasteiger partial charge is 0.120 e. The summed E-state index contributed by atoms with van der Waals surface area (Å²) >= 11 is 0. The second-order valence-electron chi connectivity index (χ2n) is 3.00. The molecule has 3 N–H and O–H groups in total. The molecule has 0 aliphatic rings. The predicted molar refractivity (Wildman–Crippen MR) is 49.8 cm³/mol. The van der Waals surface area contributed by atoms with E-state index >= 15 is 0 Å². The molecule has 0 saturated carbocycles. The van der Waals surface area contributed by atoms with E-state index in [4.69, 9.17) is 5.73 Å². The Labute approximate surface area is 72.3 Å². The average Bonchev–Trinajstić information content (AvgIpc) is 2.05. The Hall–Kier alpha value is -1.28. The molecule has 0 fully saturated rings. The summed E-state index contributed by atoms with van der Waals surface area (Å²) in [5.41, 5.74) is 5.89. The molecule has 0 heterocycles. The lowest BCUT2D eigenvalue weighted by Gasteiger charge is -2.21. The molecule has 1 unspecified atom stereocenters. The molecule has 64 valence electrons. The van der Waals surface area contributed by atoms with Gasteiger partial charge in [-0.15, -0.1) is 6.58 Å². The van der Waals surface area contributed by atoms with E-state index < -0.39 is 5.54 Å². The van der Waals surface area contributed by atoms with Crippen molar-refractivity contribution in [2.75, 3.05) is 0 Å². The van der Waals surface area contributed by atoms with Crippen LogP contribution in [0.1, 0.15) is 12.5 Å². The van der Waals surface area contributed by atoms with Crippen molar-refractivity contribution >= 4 is 0 Å². The Bertz CT molecular complexity index is 292. The summed E-state index contributed by atoms with van der Waals surface area (Å²) < 4.78 is 0. The van der Waals surface area contributed by atoms with E-state index in [1.165, 1.54) is 0 Å². The molecule has 1 rings (SSSR count). The number of phenols is 1. The molecule has 12 heavy (non-hydrogen) atoms. The maximum absolute atomic E-state index is 9.45. The van der Waals surface area contributed by atoms with E-state index in [0.717, 1.165) is 0 Å². The van der Waals surface area contributed by atoms with E-state index in [-0.39, 0.29) is 5.75 Å². The van der Waals surface area contributed by atoms with Crippen LogP contribution in [0.25, 0.3) is 0 Å². The van der Waals surface area contributed by atoms with Gasteiger partial charge < -0.3 is 10.8 Å². The lowest BCUT2D eigenvalue weighted by Crippen LogP contribution is -2.29. The van der Waals surface area contributed by atoms with Crippen LogP contribution in [0.15, 0.2) is 36.9 Å². The van der Waals surface area contributed by atoms with Gasteiger partial charge in [-0.25, -0.2) is 0 Å². The molecular formula is C10H13NO.